The normalized spacial score (nSPS) is 11.7. The van der Waals surface area contributed by atoms with Gasteiger partial charge < -0.3 is 9.47 Å². The van der Waals surface area contributed by atoms with Gasteiger partial charge in [0.1, 0.15) is 11.5 Å². The van der Waals surface area contributed by atoms with Gasteiger partial charge >= 0.3 is 12.3 Å². The Kier molecular flexibility index (Phi) is 5.30. The van der Waals surface area contributed by atoms with E-state index in [9.17, 15) is 14.0 Å². The Bertz CT molecular complexity index is 414. The van der Waals surface area contributed by atoms with Crippen molar-refractivity contribution in [2.75, 3.05) is 6.61 Å². The average Bonchev–Trinajstić information content (AvgIpc) is 2.31. The maximum absolute atomic E-state index is 13.2. The molecular formula is C13H15FO4. The van der Waals surface area contributed by atoms with E-state index in [1.54, 1.807) is 19.1 Å². The zero-order valence-corrected chi connectivity index (χ0v) is 10.3. The summed E-state index contributed by atoms with van der Waals surface area (Å²) in [7, 11) is 0. The van der Waals surface area contributed by atoms with E-state index < -0.39 is 12.3 Å². The molecule has 0 radical (unpaired) electrons. The Balaban J connectivity index is 2.58. The first-order valence-corrected chi connectivity index (χ1v) is 5.58. The summed E-state index contributed by atoms with van der Waals surface area (Å²) < 4.78 is 22.5. The summed E-state index contributed by atoms with van der Waals surface area (Å²) in [6.45, 7) is 3.17. The molecule has 0 N–H and O–H groups in total. The first-order valence-electron chi connectivity index (χ1n) is 5.58. The second kappa shape index (κ2) is 6.74. The first-order chi connectivity index (χ1) is 8.52. The number of alkyl halides is 1. The van der Waals surface area contributed by atoms with Crippen molar-refractivity contribution in [3.63, 3.8) is 0 Å². The maximum Gasteiger partial charge on any atom is 0.381 e. The number of halogens is 1. The molecule has 0 amide bonds. The summed E-state index contributed by atoms with van der Waals surface area (Å²) in [4.78, 5) is 21.9. The van der Waals surface area contributed by atoms with E-state index in [0.29, 0.717) is 6.42 Å². The van der Waals surface area contributed by atoms with Crippen LogP contribution in [0.5, 0.6) is 5.75 Å². The van der Waals surface area contributed by atoms with Crippen LogP contribution in [0.15, 0.2) is 24.3 Å². The molecule has 0 heterocycles. The Morgan fingerprint density at radius 2 is 1.89 bits per heavy atom. The molecule has 0 spiro atoms. The molecule has 1 atom stereocenters. The van der Waals surface area contributed by atoms with Gasteiger partial charge in [-0.15, -0.1) is 0 Å². The molecule has 0 fully saturated rings. The zero-order chi connectivity index (χ0) is 13.5. The van der Waals surface area contributed by atoms with Crippen molar-refractivity contribution >= 4 is 11.8 Å². The number of carbonyl (C=O) groups is 2. The Labute approximate surface area is 105 Å². The summed E-state index contributed by atoms with van der Waals surface area (Å²) in [5.41, 5.74) is 0.807. The van der Waals surface area contributed by atoms with Crippen LogP contribution in [0.4, 0.5) is 4.39 Å². The summed E-state index contributed by atoms with van der Waals surface area (Å²) in [6, 6.07) is 6.30. The van der Waals surface area contributed by atoms with E-state index in [1.807, 2.05) is 0 Å². The van der Waals surface area contributed by atoms with E-state index in [2.05, 4.69) is 4.74 Å². The highest BCUT2D eigenvalue weighted by atomic mass is 19.1. The van der Waals surface area contributed by atoms with E-state index in [0.717, 1.165) is 5.56 Å². The third-order valence-electron chi connectivity index (χ3n) is 2.09. The summed E-state index contributed by atoms with van der Waals surface area (Å²) in [5.74, 6) is -0.799. The van der Waals surface area contributed by atoms with Crippen LogP contribution in [0.3, 0.4) is 0 Å². The van der Waals surface area contributed by atoms with Crippen LogP contribution in [0, 0.1) is 0 Å². The van der Waals surface area contributed by atoms with E-state index in [1.165, 1.54) is 19.1 Å². The van der Waals surface area contributed by atoms with Gasteiger partial charge in [-0.1, -0.05) is 12.1 Å². The topological polar surface area (TPSA) is 52.6 Å². The van der Waals surface area contributed by atoms with Gasteiger partial charge in [0, 0.05) is 6.42 Å². The van der Waals surface area contributed by atoms with Gasteiger partial charge in [0.25, 0.3) is 0 Å². The maximum atomic E-state index is 13.2. The average molecular weight is 254 g/mol. The molecule has 0 aliphatic rings. The number of rotatable bonds is 6. The number of hydrogen-bond acceptors (Lipinski definition) is 4. The van der Waals surface area contributed by atoms with Gasteiger partial charge in [0.2, 0.25) is 0 Å². The van der Waals surface area contributed by atoms with Crippen LogP contribution in [-0.2, 0) is 20.7 Å². The standard InChI is InChI=1S/C13H15FO4/c1-3-17-13(16)12(14)18-11-6-4-10(5-7-11)8-9(2)15/h4-7,12H,3,8H2,1-2H3. The van der Waals surface area contributed by atoms with E-state index in [4.69, 9.17) is 4.74 Å². The van der Waals surface area contributed by atoms with Gasteiger partial charge in [-0.3, -0.25) is 4.79 Å². The highest BCUT2D eigenvalue weighted by molar-refractivity contribution is 5.78. The van der Waals surface area contributed by atoms with Crippen LogP contribution < -0.4 is 4.74 Å². The van der Waals surface area contributed by atoms with Crippen LogP contribution in [0.25, 0.3) is 0 Å². The second-order valence-corrected chi connectivity index (χ2v) is 3.71. The predicted molar refractivity (Wildman–Crippen MR) is 63.0 cm³/mol. The molecule has 1 aromatic rings. The van der Waals surface area contributed by atoms with E-state index >= 15 is 0 Å². The second-order valence-electron chi connectivity index (χ2n) is 3.71. The SMILES string of the molecule is CCOC(=O)C(F)Oc1ccc(CC(C)=O)cc1. The molecule has 1 aromatic carbocycles. The van der Waals surface area contributed by atoms with Gasteiger partial charge in [0.15, 0.2) is 0 Å². The number of benzene rings is 1. The first kappa shape index (κ1) is 14.2. The van der Waals surface area contributed by atoms with Gasteiger partial charge in [-0.05, 0) is 31.5 Å². The minimum absolute atomic E-state index is 0.0403. The Morgan fingerprint density at radius 3 is 2.39 bits per heavy atom. The van der Waals surface area contributed by atoms with Gasteiger partial charge in [-0.2, -0.15) is 4.39 Å². The van der Waals surface area contributed by atoms with Crippen LogP contribution in [0.1, 0.15) is 19.4 Å². The minimum atomic E-state index is -2.14. The molecule has 4 nitrogen and oxygen atoms in total. The lowest BCUT2D eigenvalue weighted by Gasteiger charge is -2.10. The zero-order valence-electron chi connectivity index (χ0n) is 10.3. The molecule has 0 bridgehead atoms. The van der Waals surface area contributed by atoms with Crippen LogP contribution in [0.2, 0.25) is 0 Å². The molecule has 98 valence electrons. The molecule has 0 aliphatic heterocycles. The van der Waals surface area contributed by atoms with Crippen molar-refractivity contribution in [3.05, 3.63) is 29.8 Å². The molecule has 0 aliphatic carbocycles. The van der Waals surface area contributed by atoms with Crippen LogP contribution in [-0.4, -0.2) is 24.7 Å². The van der Waals surface area contributed by atoms with E-state index in [-0.39, 0.29) is 18.1 Å². The van der Waals surface area contributed by atoms with Crippen molar-refractivity contribution in [1.82, 2.24) is 0 Å². The van der Waals surface area contributed by atoms with Crippen molar-refractivity contribution in [1.29, 1.82) is 0 Å². The quantitative estimate of drug-likeness (QED) is 0.729. The number of hydrogen-bond donors (Lipinski definition) is 0. The highest BCUT2D eigenvalue weighted by Gasteiger charge is 2.20. The lowest BCUT2D eigenvalue weighted by Crippen LogP contribution is -2.24. The fraction of sp³-hybridized carbons (Fsp3) is 0.385. The highest BCUT2D eigenvalue weighted by Crippen LogP contribution is 2.15. The number of Topliss-reactive ketones (excluding diaryl/α,β-unsaturated/α-hetero) is 1. The minimum Gasteiger partial charge on any atom is -0.461 e. The fourth-order valence-corrected chi connectivity index (χ4v) is 1.35. The van der Waals surface area contributed by atoms with Crippen molar-refractivity contribution < 1.29 is 23.5 Å². The lowest BCUT2D eigenvalue weighted by atomic mass is 10.1. The number of ketones is 1. The summed E-state index contributed by atoms with van der Waals surface area (Å²) in [6.07, 6.45) is -1.82. The summed E-state index contributed by atoms with van der Waals surface area (Å²) in [5, 5.41) is 0. The van der Waals surface area contributed by atoms with Crippen LogP contribution >= 0.6 is 0 Å². The number of ether oxygens (including phenoxy) is 2. The lowest BCUT2D eigenvalue weighted by molar-refractivity contribution is -0.159. The van der Waals surface area contributed by atoms with Crippen molar-refractivity contribution in [2.45, 2.75) is 26.6 Å². The molecular weight excluding hydrogens is 239 g/mol. The molecule has 5 heteroatoms. The summed E-state index contributed by atoms with van der Waals surface area (Å²) >= 11 is 0. The molecule has 18 heavy (non-hydrogen) atoms. The molecule has 1 unspecified atom stereocenters. The van der Waals surface area contributed by atoms with Crippen molar-refractivity contribution in [2.24, 2.45) is 0 Å². The van der Waals surface area contributed by atoms with Gasteiger partial charge in [0.05, 0.1) is 6.61 Å². The predicted octanol–water partition coefficient (Wildman–Crippen LogP) is 2.06. The molecule has 1 rings (SSSR count). The fourth-order valence-electron chi connectivity index (χ4n) is 1.35. The third kappa shape index (κ3) is 4.53. The number of esters is 1. The molecule has 0 aromatic heterocycles. The molecule has 0 saturated heterocycles. The van der Waals surface area contributed by atoms with Gasteiger partial charge in [-0.25, -0.2) is 4.79 Å². The monoisotopic (exact) mass is 254 g/mol. The Morgan fingerprint density at radius 1 is 1.28 bits per heavy atom. The van der Waals surface area contributed by atoms with Crippen molar-refractivity contribution in [3.8, 4) is 5.75 Å². The molecule has 0 saturated carbocycles. The largest absolute Gasteiger partial charge is 0.461 e. The third-order valence-corrected chi connectivity index (χ3v) is 2.09. The number of carbonyl (C=O) groups excluding carboxylic acids is 2. The smallest absolute Gasteiger partial charge is 0.381 e. The Hall–Kier alpha value is -1.91.